The number of hydrogen-bond acceptors (Lipinski definition) is 5. The Morgan fingerprint density at radius 3 is 2.59 bits per heavy atom. The summed E-state index contributed by atoms with van der Waals surface area (Å²) in [6.45, 7) is 0.222. The number of aliphatic hydroxyl groups is 1. The Balaban J connectivity index is 1.40. The van der Waals surface area contributed by atoms with Gasteiger partial charge in [-0.05, 0) is 72.7 Å². The first kappa shape index (κ1) is 24.5. The summed E-state index contributed by atoms with van der Waals surface area (Å²) in [6, 6.07) is 14.8. The van der Waals surface area contributed by atoms with E-state index in [0.717, 1.165) is 41.1 Å². The minimum absolute atomic E-state index is 0.117. The Labute approximate surface area is 212 Å². The number of halogens is 1. The number of nitrogens with two attached hydrogens (primary N) is 1. The number of nitrogens with zero attached hydrogens (tertiary/aromatic N) is 2. The van der Waals surface area contributed by atoms with Crippen molar-refractivity contribution in [3.8, 4) is 11.4 Å². The number of primary amides is 1. The molecule has 2 amide bonds. The van der Waals surface area contributed by atoms with Gasteiger partial charge in [-0.1, -0.05) is 18.2 Å². The van der Waals surface area contributed by atoms with E-state index in [0.29, 0.717) is 17.5 Å². The van der Waals surface area contributed by atoms with Gasteiger partial charge in [-0.25, -0.2) is 9.07 Å². The highest BCUT2D eigenvalue weighted by molar-refractivity contribution is 6.06. The summed E-state index contributed by atoms with van der Waals surface area (Å²) in [7, 11) is 1.42. The number of nitrogens with one attached hydrogen (secondary N) is 1. The average molecular weight is 503 g/mol. The molecule has 0 spiro atoms. The number of hydrogen-bond donors (Lipinski definition) is 3. The lowest BCUT2D eigenvalue weighted by Gasteiger charge is -2.14. The van der Waals surface area contributed by atoms with Crippen molar-refractivity contribution in [2.45, 2.75) is 37.8 Å². The number of amides is 2. The molecular formula is C28H27FN4O4. The van der Waals surface area contributed by atoms with Crippen LogP contribution in [0, 0.1) is 5.82 Å². The number of rotatable bonds is 7. The number of aliphatic hydroxyl groups excluding tert-OH is 1. The maximum Gasteiger partial charge on any atom is 0.255 e. The highest BCUT2D eigenvalue weighted by Crippen LogP contribution is 2.39. The third-order valence-corrected chi connectivity index (χ3v) is 6.92. The number of fused-ring (bicyclic) bond motifs is 1. The topological polar surface area (TPSA) is 119 Å². The molecule has 8 nitrogen and oxygen atoms in total. The van der Waals surface area contributed by atoms with E-state index in [1.807, 2.05) is 30.3 Å². The maximum absolute atomic E-state index is 13.6. The highest BCUT2D eigenvalue weighted by atomic mass is 19.1. The number of carbonyl (C=O) groups is 2. The van der Waals surface area contributed by atoms with Crippen LogP contribution in [-0.2, 0) is 6.54 Å². The van der Waals surface area contributed by atoms with Crippen LogP contribution in [-0.4, -0.2) is 39.9 Å². The van der Waals surface area contributed by atoms with E-state index in [1.54, 1.807) is 16.9 Å². The fourth-order valence-corrected chi connectivity index (χ4v) is 5.04. The number of benzene rings is 3. The highest BCUT2D eigenvalue weighted by Gasteiger charge is 2.27. The molecule has 0 aliphatic heterocycles. The second-order valence-electron chi connectivity index (χ2n) is 9.24. The Morgan fingerprint density at radius 1 is 1.14 bits per heavy atom. The van der Waals surface area contributed by atoms with E-state index in [1.165, 1.54) is 19.2 Å². The molecule has 9 heteroatoms. The zero-order valence-corrected chi connectivity index (χ0v) is 20.3. The lowest BCUT2D eigenvalue weighted by atomic mass is 9.93. The van der Waals surface area contributed by atoms with Gasteiger partial charge < -0.3 is 20.9 Å². The first-order valence-electron chi connectivity index (χ1n) is 12.0. The van der Waals surface area contributed by atoms with Crippen LogP contribution in [0.3, 0.4) is 0 Å². The van der Waals surface area contributed by atoms with Gasteiger partial charge in [0.15, 0.2) is 0 Å². The van der Waals surface area contributed by atoms with Crippen molar-refractivity contribution in [1.82, 2.24) is 15.1 Å². The quantitative estimate of drug-likeness (QED) is 0.355. The summed E-state index contributed by atoms with van der Waals surface area (Å²) < 4.78 is 20.5. The van der Waals surface area contributed by atoms with Crippen LogP contribution in [0.1, 0.15) is 57.0 Å². The van der Waals surface area contributed by atoms with Gasteiger partial charge >= 0.3 is 0 Å². The van der Waals surface area contributed by atoms with Crippen molar-refractivity contribution < 1.29 is 23.8 Å². The van der Waals surface area contributed by atoms with Crippen LogP contribution in [0.2, 0.25) is 0 Å². The third-order valence-electron chi connectivity index (χ3n) is 6.92. The van der Waals surface area contributed by atoms with E-state index in [4.69, 9.17) is 10.5 Å². The number of aromatic nitrogens is 2. The Bertz CT molecular complexity index is 1480. The molecule has 1 heterocycles. The van der Waals surface area contributed by atoms with Crippen molar-refractivity contribution in [3.63, 3.8) is 0 Å². The van der Waals surface area contributed by atoms with E-state index < -0.39 is 17.6 Å². The molecule has 1 saturated carbocycles. The maximum atomic E-state index is 13.6. The first-order chi connectivity index (χ1) is 17.9. The lowest BCUT2D eigenvalue weighted by Crippen LogP contribution is -2.23. The molecule has 1 fully saturated rings. The van der Waals surface area contributed by atoms with Gasteiger partial charge in [0.25, 0.3) is 11.8 Å². The van der Waals surface area contributed by atoms with E-state index in [2.05, 4.69) is 10.4 Å². The molecule has 190 valence electrons. The largest absolute Gasteiger partial charge is 0.496 e. The van der Waals surface area contributed by atoms with Crippen molar-refractivity contribution in [2.24, 2.45) is 5.73 Å². The molecule has 2 unspecified atom stereocenters. The van der Waals surface area contributed by atoms with Crippen LogP contribution >= 0.6 is 0 Å². The monoisotopic (exact) mass is 502 g/mol. The normalized spacial score (nSPS) is 17.2. The molecule has 5 rings (SSSR count). The molecule has 1 aliphatic rings. The molecule has 4 aromatic rings. The van der Waals surface area contributed by atoms with Crippen molar-refractivity contribution in [1.29, 1.82) is 0 Å². The number of ether oxygens (including phenoxy) is 1. The number of methoxy groups -OCH3 is 1. The first-order valence-corrected chi connectivity index (χ1v) is 12.0. The van der Waals surface area contributed by atoms with Crippen molar-refractivity contribution >= 4 is 22.7 Å². The third kappa shape index (κ3) is 4.77. The van der Waals surface area contributed by atoms with Gasteiger partial charge in [0.05, 0.1) is 41.7 Å². The van der Waals surface area contributed by atoms with Gasteiger partial charge in [0.2, 0.25) is 0 Å². The summed E-state index contributed by atoms with van der Waals surface area (Å²) in [4.78, 5) is 24.8. The predicted molar refractivity (Wildman–Crippen MR) is 136 cm³/mol. The molecule has 37 heavy (non-hydrogen) atoms. The smallest absolute Gasteiger partial charge is 0.255 e. The van der Waals surface area contributed by atoms with Gasteiger partial charge in [-0.15, -0.1) is 0 Å². The van der Waals surface area contributed by atoms with Crippen LogP contribution < -0.4 is 15.8 Å². The Hall–Kier alpha value is -4.24. The summed E-state index contributed by atoms with van der Waals surface area (Å²) in [5.74, 6) is -1.04. The molecule has 0 radical (unpaired) electrons. The van der Waals surface area contributed by atoms with Crippen molar-refractivity contribution in [2.75, 3.05) is 7.11 Å². The Kier molecular flexibility index (Phi) is 6.62. The summed E-state index contributed by atoms with van der Waals surface area (Å²) in [5.41, 5.74) is 9.40. The van der Waals surface area contributed by atoms with Crippen LogP contribution in [0.4, 0.5) is 4.39 Å². The molecule has 1 aliphatic carbocycles. The second kappa shape index (κ2) is 10.0. The minimum atomic E-state index is -0.545. The van der Waals surface area contributed by atoms with Gasteiger partial charge in [-0.2, -0.15) is 5.10 Å². The molecule has 0 saturated heterocycles. The fraction of sp³-hybridized carbons (Fsp3) is 0.250. The molecular weight excluding hydrogens is 475 g/mol. The molecule has 0 bridgehead atoms. The SMILES string of the molecule is COc1ccc(F)cc1C(=O)NCc1ccc(-n2ncc3c(C4CCC(O)C4)ccc(C(N)=O)c32)cc1. The zero-order valence-electron chi connectivity index (χ0n) is 20.3. The van der Waals surface area contributed by atoms with Crippen molar-refractivity contribution in [3.05, 3.63) is 88.9 Å². The number of carbonyl (C=O) groups excluding carboxylic acids is 2. The minimum Gasteiger partial charge on any atom is -0.496 e. The van der Waals surface area contributed by atoms with Crippen LogP contribution in [0.5, 0.6) is 5.75 Å². The molecule has 3 aromatic carbocycles. The van der Waals surface area contributed by atoms with Crippen LogP contribution in [0.25, 0.3) is 16.6 Å². The second-order valence-corrected chi connectivity index (χ2v) is 9.24. The summed E-state index contributed by atoms with van der Waals surface area (Å²) in [6.07, 6.45) is 3.72. The standard InChI is InChI=1S/C28H27FN4O4/c1-37-25-11-5-18(29)13-23(25)28(36)31-14-16-2-6-19(7-3-16)33-26-22(27(30)35)10-9-21(24(26)15-32-33)17-4-8-20(34)12-17/h2-3,5-7,9-11,13,15,17,20,34H,4,8,12,14H2,1H3,(H2,30,35)(H,31,36). The van der Waals surface area contributed by atoms with Gasteiger partial charge in [0.1, 0.15) is 11.6 Å². The molecule has 4 N–H and O–H groups in total. The molecule has 2 atom stereocenters. The van der Waals surface area contributed by atoms with Gasteiger partial charge in [-0.3, -0.25) is 9.59 Å². The van der Waals surface area contributed by atoms with E-state index in [9.17, 15) is 19.1 Å². The predicted octanol–water partition coefficient (Wildman–Crippen LogP) is 3.83. The Morgan fingerprint density at radius 2 is 1.92 bits per heavy atom. The lowest BCUT2D eigenvalue weighted by molar-refractivity contribution is 0.0946. The average Bonchev–Trinajstić information content (AvgIpc) is 3.53. The van der Waals surface area contributed by atoms with E-state index >= 15 is 0 Å². The molecule has 1 aromatic heterocycles. The summed E-state index contributed by atoms with van der Waals surface area (Å²) >= 11 is 0. The van der Waals surface area contributed by atoms with Gasteiger partial charge in [0, 0.05) is 11.9 Å². The fourth-order valence-electron chi connectivity index (χ4n) is 5.04. The van der Waals surface area contributed by atoms with E-state index in [-0.39, 0.29) is 29.9 Å². The summed E-state index contributed by atoms with van der Waals surface area (Å²) in [5, 5.41) is 18.2. The zero-order chi connectivity index (χ0) is 26.1. The van der Waals surface area contributed by atoms with Crippen LogP contribution in [0.15, 0.2) is 60.8 Å².